The molecule has 0 aromatic rings. The molecule has 9 atom stereocenters. The van der Waals surface area contributed by atoms with Crippen LogP contribution in [0.15, 0.2) is 0 Å². The summed E-state index contributed by atoms with van der Waals surface area (Å²) < 4.78 is 0.942. The second kappa shape index (κ2) is 9.17. The molecule has 0 radical (unpaired) electrons. The van der Waals surface area contributed by atoms with Crippen LogP contribution in [0.2, 0.25) is 0 Å². The van der Waals surface area contributed by atoms with Gasteiger partial charge in [0.25, 0.3) is 22.6 Å². The minimum absolute atomic E-state index is 0.613. The number of unbranched alkanes of at least 4 members (excludes halogenated alkanes) is 5. The Bertz CT molecular complexity index is 585. The molecule has 4 aliphatic carbocycles. The van der Waals surface area contributed by atoms with Crippen molar-refractivity contribution in [2.75, 3.05) is 0 Å². The summed E-state index contributed by atoms with van der Waals surface area (Å²) in [6, 6.07) is 0. The van der Waals surface area contributed by atoms with Crippen LogP contribution < -0.4 is 22.6 Å². The molecule has 0 N–H and O–H groups in total. The molecule has 0 amide bonds. The van der Waals surface area contributed by atoms with Crippen LogP contribution in [-0.4, -0.2) is 3.92 Å². The highest BCUT2D eigenvalue weighted by molar-refractivity contribution is 5.12. The average molecular weight is 528 g/mol. The Morgan fingerprint density at radius 2 is 1.53 bits per heavy atom. The molecule has 0 aliphatic heterocycles. The monoisotopic (exact) mass is 527 g/mol. The van der Waals surface area contributed by atoms with Gasteiger partial charge >= 0.3 is 0 Å². The molecule has 0 aromatic carbocycles. The largest absolute Gasteiger partial charge is 0.255 e. The van der Waals surface area contributed by atoms with Crippen LogP contribution in [-0.2, 0) is 0 Å². The van der Waals surface area contributed by atoms with E-state index in [1.165, 1.54) is 57.8 Å². The van der Waals surface area contributed by atoms with Crippen molar-refractivity contribution in [3.8, 4) is 0 Å². The third kappa shape index (κ3) is 3.96. The number of alkyl halides is 1. The summed E-state index contributed by atoms with van der Waals surface area (Å²) in [6.45, 7) is 13.1. The standard InChI is InChI=1S/C29H52I/c1-6-7-8-9-10-11-12-22-13-14-24-23-15-17-27(3)20-26(30)21(2)19-29(27,5)25(23)16-18-28(22,24)4/h21-26,30H,6-20H2,1-5H3/q+1. The van der Waals surface area contributed by atoms with Crippen molar-refractivity contribution in [2.45, 2.75) is 135 Å². The van der Waals surface area contributed by atoms with Gasteiger partial charge in [0.05, 0.1) is 0 Å². The lowest BCUT2D eigenvalue weighted by Crippen LogP contribution is -3.40. The molecular weight excluding hydrogens is 475 g/mol. The Morgan fingerprint density at radius 3 is 2.30 bits per heavy atom. The van der Waals surface area contributed by atoms with Crippen LogP contribution in [0.5, 0.6) is 0 Å². The number of halogens is 1. The van der Waals surface area contributed by atoms with Gasteiger partial charge < -0.3 is 0 Å². The van der Waals surface area contributed by atoms with Gasteiger partial charge in [0.2, 0.25) is 0 Å². The summed E-state index contributed by atoms with van der Waals surface area (Å²) in [5.74, 6) is 5.11. The van der Waals surface area contributed by atoms with Crippen LogP contribution in [0, 0.1) is 45.8 Å². The van der Waals surface area contributed by atoms with Crippen molar-refractivity contribution in [3.63, 3.8) is 0 Å². The first-order chi connectivity index (χ1) is 14.2. The SMILES string of the molecule is CCCCCCCCC1CCC2C3CCC4(C)CC([IH+])C(C)CC4(C)C3CCC12C. The zero-order chi connectivity index (χ0) is 21.6. The lowest BCUT2D eigenvalue weighted by molar-refractivity contribution is -0.451. The molecule has 4 saturated carbocycles. The number of hydrogen-bond acceptors (Lipinski definition) is 0. The van der Waals surface area contributed by atoms with E-state index in [-0.39, 0.29) is 0 Å². The van der Waals surface area contributed by atoms with E-state index >= 15 is 0 Å². The zero-order valence-electron chi connectivity index (χ0n) is 21.0. The maximum atomic E-state index is 2.76. The van der Waals surface area contributed by atoms with Gasteiger partial charge in [-0.25, -0.2) is 0 Å². The molecule has 4 aliphatic rings. The predicted octanol–water partition coefficient (Wildman–Crippen LogP) is 5.69. The van der Waals surface area contributed by atoms with Crippen molar-refractivity contribution in [1.82, 2.24) is 0 Å². The van der Waals surface area contributed by atoms with E-state index in [1.807, 2.05) is 0 Å². The van der Waals surface area contributed by atoms with Gasteiger partial charge in [-0.05, 0) is 97.7 Å². The predicted molar refractivity (Wildman–Crippen MR) is 128 cm³/mol. The van der Waals surface area contributed by atoms with E-state index in [2.05, 4.69) is 57.2 Å². The van der Waals surface area contributed by atoms with Crippen LogP contribution in [0.3, 0.4) is 0 Å². The van der Waals surface area contributed by atoms with E-state index in [1.54, 1.807) is 38.5 Å². The van der Waals surface area contributed by atoms with Crippen LogP contribution in [0.25, 0.3) is 0 Å². The smallest absolute Gasteiger partial charge is 0.0654 e. The Balaban J connectivity index is 1.42. The summed E-state index contributed by atoms with van der Waals surface area (Å²) in [7, 11) is 0. The quantitative estimate of drug-likeness (QED) is 0.227. The van der Waals surface area contributed by atoms with Gasteiger partial charge in [0.15, 0.2) is 3.92 Å². The van der Waals surface area contributed by atoms with Crippen molar-refractivity contribution in [3.05, 3.63) is 0 Å². The molecule has 0 aromatic heterocycles. The number of fused-ring (bicyclic) bond motifs is 5. The minimum Gasteiger partial charge on any atom is -0.0654 e. The minimum atomic E-state index is 0.613. The fraction of sp³-hybridized carbons (Fsp3) is 1.00. The Labute approximate surface area is 202 Å². The van der Waals surface area contributed by atoms with Crippen LogP contribution >= 0.6 is 0 Å². The highest BCUT2D eigenvalue weighted by Gasteiger charge is 2.64. The number of rotatable bonds is 7. The molecule has 0 saturated heterocycles. The first-order valence-corrected chi connectivity index (χ1v) is 15.3. The third-order valence-corrected chi connectivity index (χ3v) is 13.6. The Hall–Kier alpha value is 0.730. The molecule has 174 valence electrons. The average Bonchev–Trinajstić information content (AvgIpc) is 3.03. The Morgan fingerprint density at radius 1 is 0.800 bits per heavy atom. The molecule has 1 heteroatoms. The molecule has 0 spiro atoms. The second-order valence-corrected chi connectivity index (χ2v) is 14.9. The van der Waals surface area contributed by atoms with Gasteiger partial charge in [-0.2, -0.15) is 0 Å². The van der Waals surface area contributed by atoms with E-state index in [0.29, 0.717) is 16.2 Å². The van der Waals surface area contributed by atoms with Gasteiger partial charge in [0.1, 0.15) is 0 Å². The molecule has 0 heterocycles. The second-order valence-electron chi connectivity index (χ2n) is 13.2. The fourth-order valence-corrected chi connectivity index (χ4v) is 11.0. The molecule has 4 rings (SSSR count). The van der Waals surface area contributed by atoms with E-state index in [9.17, 15) is 0 Å². The van der Waals surface area contributed by atoms with E-state index < -0.39 is 0 Å². The molecule has 0 bridgehead atoms. The van der Waals surface area contributed by atoms with Gasteiger partial charge in [-0.15, -0.1) is 0 Å². The molecular formula is C29H52I+. The van der Waals surface area contributed by atoms with Crippen molar-refractivity contribution < 1.29 is 22.6 Å². The molecule has 4 fully saturated rings. The van der Waals surface area contributed by atoms with E-state index in [0.717, 1.165) is 33.5 Å². The molecule has 0 nitrogen and oxygen atoms in total. The summed E-state index contributed by atoms with van der Waals surface area (Å²) in [4.78, 5) is 0. The summed E-state index contributed by atoms with van der Waals surface area (Å²) >= 11 is 2.46. The summed E-state index contributed by atoms with van der Waals surface area (Å²) in [5, 5.41) is 0. The lowest BCUT2D eigenvalue weighted by Gasteiger charge is -2.65. The third-order valence-electron chi connectivity index (χ3n) is 11.8. The fourth-order valence-electron chi connectivity index (χ4n) is 9.63. The first-order valence-electron chi connectivity index (χ1n) is 13.9. The number of hydrogen-bond donors (Lipinski definition) is 0. The van der Waals surface area contributed by atoms with Gasteiger partial charge in [0, 0.05) is 5.92 Å². The Kier molecular flexibility index (Phi) is 7.30. The first kappa shape index (κ1) is 23.9. The highest BCUT2D eigenvalue weighted by atomic mass is 127. The molecule has 9 unspecified atom stereocenters. The maximum Gasteiger partial charge on any atom is 0.255 e. The van der Waals surface area contributed by atoms with E-state index in [4.69, 9.17) is 0 Å². The van der Waals surface area contributed by atoms with Crippen molar-refractivity contribution in [1.29, 1.82) is 0 Å². The topological polar surface area (TPSA) is 0 Å². The molecule has 30 heavy (non-hydrogen) atoms. The lowest BCUT2D eigenvalue weighted by atomic mass is 9.39. The maximum absolute atomic E-state index is 2.76. The zero-order valence-corrected chi connectivity index (χ0v) is 23.3. The summed E-state index contributed by atoms with van der Waals surface area (Å²) in [5.41, 5.74) is 1.91. The highest BCUT2D eigenvalue weighted by Crippen LogP contribution is 2.71. The summed E-state index contributed by atoms with van der Waals surface area (Å²) in [6.07, 6.45) is 22.7. The van der Waals surface area contributed by atoms with Crippen molar-refractivity contribution >= 4 is 0 Å². The van der Waals surface area contributed by atoms with Gasteiger partial charge in [-0.3, -0.25) is 0 Å². The van der Waals surface area contributed by atoms with Crippen LogP contribution in [0.1, 0.15) is 131 Å². The van der Waals surface area contributed by atoms with Crippen molar-refractivity contribution in [2.24, 2.45) is 45.8 Å². The normalized spacial score (nSPS) is 50.6. The van der Waals surface area contributed by atoms with Gasteiger partial charge in [-0.1, -0.05) is 73.1 Å². The van der Waals surface area contributed by atoms with Crippen LogP contribution in [0.4, 0.5) is 0 Å².